The van der Waals surface area contributed by atoms with Gasteiger partial charge in [0, 0.05) is 11.4 Å². The van der Waals surface area contributed by atoms with Crippen LogP contribution in [0.4, 0.5) is 0 Å². The SMILES string of the molecule is NS(=O)(=O)c1ccc(CNS(=O)(=O)C2CCCCC2)s1. The van der Waals surface area contributed by atoms with Crippen molar-refractivity contribution in [2.24, 2.45) is 5.14 Å². The van der Waals surface area contributed by atoms with Crippen molar-refractivity contribution < 1.29 is 16.8 Å². The molecule has 0 aromatic carbocycles. The van der Waals surface area contributed by atoms with Gasteiger partial charge in [-0.3, -0.25) is 0 Å². The van der Waals surface area contributed by atoms with Crippen molar-refractivity contribution >= 4 is 31.4 Å². The fraction of sp³-hybridized carbons (Fsp3) is 0.636. The van der Waals surface area contributed by atoms with Crippen molar-refractivity contribution in [1.29, 1.82) is 0 Å². The molecular weight excluding hydrogens is 320 g/mol. The number of thiophene rings is 1. The van der Waals surface area contributed by atoms with E-state index in [0.29, 0.717) is 17.7 Å². The lowest BCUT2D eigenvalue weighted by Gasteiger charge is -2.21. The number of hydrogen-bond donors (Lipinski definition) is 2. The van der Waals surface area contributed by atoms with Gasteiger partial charge in [-0.05, 0) is 25.0 Å². The standard InChI is InChI=1S/C11H18N2O4S3/c12-19(14,15)11-7-6-9(18-11)8-13-20(16,17)10-4-2-1-3-5-10/h6-7,10,13H,1-5,8H2,(H2,12,14,15). The Bertz CT molecular complexity index is 658. The molecular formula is C11H18N2O4S3. The lowest BCUT2D eigenvalue weighted by atomic mass is 10.0. The molecule has 1 heterocycles. The van der Waals surface area contributed by atoms with E-state index >= 15 is 0 Å². The summed E-state index contributed by atoms with van der Waals surface area (Å²) in [5.41, 5.74) is 0. The van der Waals surface area contributed by atoms with Gasteiger partial charge in [-0.15, -0.1) is 11.3 Å². The summed E-state index contributed by atoms with van der Waals surface area (Å²) in [5, 5.41) is 4.69. The normalized spacial score (nSPS) is 18.2. The van der Waals surface area contributed by atoms with Crippen LogP contribution in [0.15, 0.2) is 16.3 Å². The van der Waals surface area contributed by atoms with Crippen molar-refractivity contribution in [3.05, 3.63) is 17.0 Å². The number of nitrogens with two attached hydrogens (primary N) is 1. The van der Waals surface area contributed by atoms with E-state index in [2.05, 4.69) is 4.72 Å². The van der Waals surface area contributed by atoms with Crippen LogP contribution >= 0.6 is 11.3 Å². The predicted molar refractivity (Wildman–Crippen MR) is 78.3 cm³/mol. The first-order valence-corrected chi connectivity index (χ1v) is 10.3. The van der Waals surface area contributed by atoms with Crippen LogP contribution in [0, 0.1) is 0 Å². The third-order valence-corrected chi connectivity index (χ3v) is 7.78. The summed E-state index contributed by atoms with van der Waals surface area (Å²) in [7, 11) is -7.05. The first kappa shape index (κ1) is 15.9. The fourth-order valence-electron chi connectivity index (χ4n) is 2.27. The summed E-state index contributed by atoms with van der Waals surface area (Å²) >= 11 is 0.987. The molecule has 20 heavy (non-hydrogen) atoms. The zero-order chi connectivity index (χ0) is 14.8. The molecule has 0 radical (unpaired) electrons. The summed E-state index contributed by atoms with van der Waals surface area (Å²) in [6.07, 6.45) is 4.37. The Balaban J connectivity index is 1.99. The highest BCUT2D eigenvalue weighted by Crippen LogP contribution is 2.24. The molecule has 0 spiro atoms. The largest absolute Gasteiger partial charge is 0.247 e. The minimum Gasteiger partial charge on any atom is -0.224 e. The second kappa shape index (κ2) is 6.10. The van der Waals surface area contributed by atoms with Gasteiger partial charge in [0.25, 0.3) is 0 Å². The second-order valence-electron chi connectivity index (χ2n) is 4.89. The third-order valence-electron chi connectivity index (χ3n) is 3.36. The van der Waals surface area contributed by atoms with E-state index in [1.54, 1.807) is 6.07 Å². The quantitative estimate of drug-likeness (QED) is 0.839. The first-order chi connectivity index (χ1) is 9.29. The van der Waals surface area contributed by atoms with Crippen molar-refractivity contribution in [3.8, 4) is 0 Å². The average molecular weight is 338 g/mol. The number of sulfonamides is 2. The minimum atomic E-state index is -3.71. The zero-order valence-corrected chi connectivity index (χ0v) is 13.4. The van der Waals surface area contributed by atoms with Gasteiger partial charge < -0.3 is 0 Å². The summed E-state index contributed by atoms with van der Waals surface area (Å²) < 4.78 is 49.1. The zero-order valence-electron chi connectivity index (χ0n) is 10.9. The van der Waals surface area contributed by atoms with Gasteiger partial charge in [-0.1, -0.05) is 19.3 Å². The predicted octanol–water partition coefficient (Wildman–Crippen LogP) is 1.15. The second-order valence-corrected chi connectivity index (χ2v) is 9.89. The molecule has 0 atom stereocenters. The Morgan fingerprint density at radius 1 is 1.15 bits per heavy atom. The van der Waals surface area contributed by atoms with Gasteiger partial charge in [0.15, 0.2) is 0 Å². The van der Waals surface area contributed by atoms with Gasteiger partial charge in [-0.2, -0.15) is 0 Å². The van der Waals surface area contributed by atoms with Crippen molar-refractivity contribution in [1.82, 2.24) is 4.72 Å². The molecule has 1 aliphatic carbocycles. The van der Waals surface area contributed by atoms with E-state index in [4.69, 9.17) is 5.14 Å². The molecule has 3 N–H and O–H groups in total. The lowest BCUT2D eigenvalue weighted by Crippen LogP contribution is -2.35. The Morgan fingerprint density at radius 3 is 2.35 bits per heavy atom. The highest BCUT2D eigenvalue weighted by molar-refractivity contribution is 7.91. The molecule has 0 bridgehead atoms. The van der Waals surface area contributed by atoms with Gasteiger partial charge >= 0.3 is 0 Å². The maximum absolute atomic E-state index is 12.1. The topological polar surface area (TPSA) is 106 Å². The Kier molecular flexibility index (Phi) is 4.85. The molecule has 9 heteroatoms. The van der Waals surface area contributed by atoms with E-state index in [1.807, 2.05) is 0 Å². The van der Waals surface area contributed by atoms with E-state index in [9.17, 15) is 16.8 Å². The molecule has 2 rings (SSSR count). The summed E-state index contributed by atoms with van der Waals surface area (Å²) in [6, 6.07) is 2.97. The van der Waals surface area contributed by atoms with Crippen molar-refractivity contribution in [2.45, 2.75) is 48.1 Å². The number of nitrogens with one attached hydrogen (secondary N) is 1. The van der Waals surface area contributed by atoms with Crippen LogP contribution in [0.25, 0.3) is 0 Å². The molecule has 1 aliphatic rings. The maximum atomic E-state index is 12.1. The highest BCUT2D eigenvalue weighted by Gasteiger charge is 2.26. The molecule has 1 aromatic rings. The Morgan fingerprint density at radius 2 is 1.80 bits per heavy atom. The first-order valence-electron chi connectivity index (χ1n) is 6.39. The van der Waals surface area contributed by atoms with Crippen LogP contribution < -0.4 is 9.86 Å². The molecule has 0 aliphatic heterocycles. The Labute approximate surface area is 123 Å². The summed E-state index contributed by atoms with van der Waals surface area (Å²) in [6.45, 7) is 0.110. The van der Waals surface area contributed by atoms with E-state index in [1.165, 1.54) is 6.07 Å². The van der Waals surface area contributed by atoms with Crippen molar-refractivity contribution in [3.63, 3.8) is 0 Å². The molecule has 0 unspecified atom stereocenters. The van der Waals surface area contributed by atoms with Crippen LogP contribution in [-0.4, -0.2) is 22.1 Å². The number of hydrogen-bond acceptors (Lipinski definition) is 5. The summed E-state index contributed by atoms with van der Waals surface area (Å²) in [4.78, 5) is 0.633. The van der Waals surface area contributed by atoms with E-state index < -0.39 is 20.0 Å². The van der Waals surface area contributed by atoms with Gasteiger partial charge in [-0.25, -0.2) is 26.7 Å². The van der Waals surface area contributed by atoms with Gasteiger partial charge in [0.1, 0.15) is 4.21 Å². The molecule has 114 valence electrons. The Hall–Kier alpha value is -0.480. The van der Waals surface area contributed by atoms with E-state index in [-0.39, 0.29) is 16.0 Å². The number of primary sulfonamides is 1. The summed E-state index contributed by atoms with van der Waals surface area (Å²) in [5.74, 6) is 0. The molecule has 0 saturated heterocycles. The van der Waals surface area contributed by atoms with Gasteiger partial charge in [0.05, 0.1) is 5.25 Å². The van der Waals surface area contributed by atoms with Crippen LogP contribution in [0.2, 0.25) is 0 Å². The monoisotopic (exact) mass is 338 g/mol. The fourth-order valence-corrected chi connectivity index (χ4v) is 5.63. The van der Waals surface area contributed by atoms with Crippen LogP contribution in [0.5, 0.6) is 0 Å². The lowest BCUT2D eigenvalue weighted by molar-refractivity contribution is 0.477. The molecule has 6 nitrogen and oxygen atoms in total. The molecule has 1 saturated carbocycles. The minimum absolute atomic E-state index is 0.0457. The maximum Gasteiger partial charge on any atom is 0.247 e. The van der Waals surface area contributed by atoms with Crippen LogP contribution in [-0.2, 0) is 26.6 Å². The van der Waals surface area contributed by atoms with Crippen molar-refractivity contribution in [2.75, 3.05) is 0 Å². The number of rotatable bonds is 5. The third kappa shape index (κ3) is 4.01. The van der Waals surface area contributed by atoms with Gasteiger partial charge in [0.2, 0.25) is 20.0 Å². The average Bonchev–Trinajstić information content (AvgIpc) is 2.86. The van der Waals surface area contributed by atoms with Crippen LogP contribution in [0.1, 0.15) is 37.0 Å². The molecule has 0 amide bonds. The van der Waals surface area contributed by atoms with Crippen LogP contribution in [0.3, 0.4) is 0 Å². The molecule has 1 aromatic heterocycles. The highest BCUT2D eigenvalue weighted by atomic mass is 32.2. The smallest absolute Gasteiger partial charge is 0.224 e. The van der Waals surface area contributed by atoms with E-state index in [0.717, 1.165) is 30.6 Å². The molecule has 1 fully saturated rings.